The van der Waals surface area contributed by atoms with Crippen molar-refractivity contribution in [1.82, 2.24) is 14.7 Å². The maximum Gasteiger partial charge on any atom is 0.275 e. The van der Waals surface area contributed by atoms with Crippen LogP contribution in [-0.2, 0) is 11.8 Å². The fraction of sp³-hybridized carbons (Fsp3) is 0.636. The standard InChI is InChI=1S/C11H16IN3O2/c1-7-4-15(5-8(2)17-7)11(16)10-9(12)6-14(3)13-10/h6-8H,4-5H2,1-3H3/t7-,8-/m0/s1. The Hall–Kier alpha value is -0.630. The Morgan fingerprint density at radius 2 is 2.06 bits per heavy atom. The molecule has 1 aromatic rings. The van der Waals surface area contributed by atoms with E-state index in [9.17, 15) is 4.79 Å². The van der Waals surface area contributed by atoms with Crippen LogP contribution in [0.25, 0.3) is 0 Å². The molecule has 1 saturated heterocycles. The first-order valence-electron chi connectivity index (χ1n) is 5.61. The van der Waals surface area contributed by atoms with Gasteiger partial charge in [0.05, 0.1) is 15.8 Å². The first-order valence-corrected chi connectivity index (χ1v) is 6.69. The normalized spacial score (nSPS) is 25.1. The van der Waals surface area contributed by atoms with Gasteiger partial charge in [-0.25, -0.2) is 0 Å². The fourth-order valence-electron chi connectivity index (χ4n) is 2.10. The second-order valence-electron chi connectivity index (χ2n) is 4.47. The number of aromatic nitrogens is 2. The van der Waals surface area contributed by atoms with Crippen molar-refractivity contribution < 1.29 is 9.53 Å². The number of hydrogen-bond donors (Lipinski definition) is 0. The molecular weight excluding hydrogens is 333 g/mol. The largest absolute Gasteiger partial charge is 0.372 e. The minimum Gasteiger partial charge on any atom is -0.372 e. The molecule has 0 aliphatic carbocycles. The fourth-order valence-corrected chi connectivity index (χ4v) is 2.84. The number of rotatable bonds is 1. The second kappa shape index (κ2) is 4.93. The Bertz CT molecular complexity index is 422. The summed E-state index contributed by atoms with van der Waals surface area (Å²) in [6, 6.07) is 0. The molecule has 1 aliphatic rings. The van der Waals surface area contributed by atoms with Crippen LogP contribution in [0.1, 0.15) is 24.3 Å². The van der Waals surface area contributed by atoms with E-state index in [1.54, 1.807) is 4.68 Å². The zero-order valence-corrected chi connectivity index (χ0v) is 12.3. The van der Waals surface area contributed by atoms with Gasteiger partial charge in [-0.1, -0.05) is 0 Å². The van der Waals surface area contributed by atoms with E-state index in [0.29, 0.717) is 18.8 Å². The molecule has 0 radical (unpaired) electrons. The van der Waals surface area contributed by atoms with Crippen LogP contribution in [0.2, 0.25) is 0 Å². The molecule has 0 unspecified atom stereocenters. The van der Waals surface area contributed by atoms with Crippen molar-refractivity contribution in [1.29, 1.82) is 0 Å². The maximum atomic E-state index is 12.3. The van der Waals surface area contributed by atoms with Crippen molar-refractivity contribution in [3.63, 3.8) is 0 Å². The van der Waals surface area contributed by atoms with Crippen LogP contribution in [0.3, 0.4) is 0 Å². The molecule has 6 heteroatoms. The monoisotopic (exact) mass is 349 g/mol. The van der Waals surface area contributed by atoms with Crippen molar-refractivity contribution in [2.75, 3.05) is 13.1 Å². The summed E-state index contributed by atoms with van der Waals surface area (Å²) in [5, 5.41) is 4.21. The summed E-state index contributed by atoms with van der Waals surface area (Å²) in [7, 11) is 1.82. The minimum absolute atomic E-state index is 0.00278. The highest BCUT2D eigenvalue weighted by molar-refractivity contribution is 14.1. The van der Waals surface area contributed by atoms with Gasteiger partial charge in [0.15, 0.2) is 5.69 Å². The molecule has 2 heterocycles. The quantitative estimate of drug-likeness (QED) is 0.718. The van der Waals surface area contributed by atoms with Gasteiger partial charge in [0.25, 0.3) is 5.91 Å². The molecule has 94 valence electrons. The number of hydrogen-bond acceptors (Lipinski definition) is 3. The number of carbonyl (C=O) groups excluding carboxylic acids is 1. The second-order valence-corrected chi connectivity index (χ2v) is 5.63. The summed E-state index contributed by atoms with van der Waals surface area (Å²) >= 11 is 2.14. The number of morpholine rings is 1. The van der Waals surface area contributed by atoms with E-state index in [-0.39, 0.29) is 18.1 Å². The van der Waals surface area contributed by atoms with Crippen molar-refractivity contribution in [3.8, 4) is 0 Å². The molecule has 1 aromatic heterocycles. The molecule has 2 atom stereocenters. The minimum atomic E-state index is -0.00278. The summed E-state index contributed by atoms with van der Waals surface area (Å²) in [4.78, 5) is 14.1. The van der Waals surface area contributed by atoms with Gasteiger partial charge in [0.1, 0.15) is 0 Å². The highest BCUT2D eigenvalue weighted by Gasteiger charge is 2.28. The van der Waals surface area contributed by atoms with Crippen molar-refractivity contribution >= 4 is 28.5 Å². The molecule has 17 heavy (non-hydrogen) atoms. The summed E-state index contributed by atoms with van der Waals surface area (Å²) in [5.74, 6) is -0.00278. The Balaban J connectivity index is 2.17. The lowest BCUT2D eigenvalue weighted by Gasteiger charge is -2.34. The van der Waals surface area contributed by atoms with Crippen molar-refractivity contribution in [2.45, 2.75) is 26.1 Å². The van der Waals surface area contributed by atoms with Gasteiger partial charge in [-0.15, -0.1) is 0 Å². The van der Waals surface area contributed by atoms with Gasteiger partial charge in [-0.2, -0.15) is 5.10 Å². The molecule has 2 rings (SSSR count). The van der Waals surface area contributed by atoms with Gasteiger partial charge >= 0.3 is 0 Å². The van der Waals surface area contributed by atoms with Crippen LogP contribution in [-0.4, -0.2) is 45.9 Å². The van der Waals surface area contributed by atoms with E-state index >= 15 is 0 Å². The molecule has 5 nitrogen and oxygen atoms in total. The summed E-state index contributed by atoms with van der Waals surface area (Å²) in [6.07, 6.45) is 2.02. The maximum absolute atomic E-state index is 12.3. The average molecular weight is 349 g/mol. The Labute approximate surface area is 114 Å². The van der Waals surface area contributed by atoms with E-state index in [0.717, 1.165) is 3.57 Å². The number of aryl methyl sites for hydroxylation is 1. The molecule has 1 fully saturated rings. The topological polar surface area (TPSA) is 47.4 Å². The molecule has 0 N–H and O–H groups in total. The lowest BCUT2D eigenvalue weighted by atomic mass is 10.2. The van der Waals surface area contributed by atoms with Crippen LogP contribution in [0, 0.1) is 3.57 Å². The van der Waals surface area contributed by atoms with Gasteiger partial charge in [0.2, 0.25) is 0 Å². The average Bonchev–Trinajstić information content (AvgIpc) is 2.55. The van der Waals surface area contributed by atoms with Crippen LogP contribution in [0.4, 0.5) is 0 Å². The van der Waals surface area contributed by atoms with Crippen LogP contribution >= 0.6 is 22.6 Å². The van der Waals surface area contributed by atoms with Crippen molar-refractivity contribution in [3.05, 3.63) is 15.5 Å². The predicted octanol–water partition coefficient (Wildman–Crippen LogP) is 1.27. The van der Waals surface area contributed by atoms with Gasteiger partial charge in [-0.05, 0) is 36.4 Å². The smallest absolute Gasteiger partial charge is 0.275 e. The van der Waals surface area contributed by atoms with E-state index in [1.165, 1.54) is 0 Å². The number of nitrogens with zero attached hydrogens (tertiary/aromatic N) is 3. The molecule has 1 aliphatic heterocycles. The van der Waals surface area contributed by atoms with Crippen LogP contribution < -0.4 is 0 Å². The molecule has 0 spiro atoms. The van der Waals surface area contributed by atoms with Crippen LogP contribution in [0.15, 0.2) is 6.20 Å². The molecular formula is C11H16IN3O2. The van der Waals surface area contributed by atoms with E-state index < -0.39 is 0 Å². The first-order chi connectivity index (χ1) is 7.97. The van der Waals surface area contributed by atoms with Gasteiger partial charge in [-0.3, -0.25) is 9.48 Å². The third-order valence-electron chi connectivity index (χ3n) is 2.69. The lowest BCUT2D eigenvalue weighted by Crippen LogP contribution is -2.48. The van der Waals surface area contributed by atoms with E-state index in [2.05, 4.69) is 27.7 Å². The number of ether oxygens (including phenoxy) is 1. The zero-order chi connectivity index (χ0) is 12.6. The van der Waals surface area contributed by atoms with Crippen molar-refractivity contribution in [2.24, 2.45) is 7.05 Å². The SMILES string of the molecule is C[C@H]1CN(C(=O)c2nn(C)cc2I)C[C@H](C)O1. The predicted molar refractivity (Wildman–Crippen MR) is 71.8 cm³/mol. The highest BCUT2D eigenvalue weighted by atomic mass is 127. The van der Waals surface area contributed by atoms with Gasteiger partial charge < -0.3 is 9.64 Å². The first kappa shape index (κ1) is 12.8. The Morgan fingerprint density at radius 1 is 1.47 bits per heavy atom. The van der Waals surface area contributed by atoms with Gasteiger partial charge in [0, 0.05) is 26.3 Å². The lowest BCUT2D eigenvalue weighted by molar-refractivity contribution is -0.0587. The third-order valence-corrected chi connectivity index (χ3v) is 3.48. The number of halogens is 1. The molecule has 0 aromatic carbocycles. The van der Waals surface area contributed by atoms with E-state index in [4.69, 9.17) is 4.74 Å². The summed E-state index contributed by atoms with van der Waals surface area (Å²) in [6.45, 7) is 5.24. The molecule has 1 amide bonds. The van der Waals surface area contributed by atoms with E-state index in [1.807, 2.05) is 32.0 Å². The summed E-state index contributed by atoms with van der Waals surface area (Å²) in [5.41, 5.74) is 0.536. The third kappa shape index (κ3) is 2.79. The highest BCUT2D eigenvalue weighted by Crippen LogP contribution is 2.16. The Kier molecular flexibility index (Phi) is 3.72. The Morgan fingerprint density at radius 3 is 2.53 bits per heavy atom. The number of amides is 1. The number of carbonyl (C=O) groups is 1. The summed E-state index contributed by atoms with van der Waals surface area (Å²) < 4.78 is 8.18. The zero-order valence-electron chi connectivity index (χ0n) is 10.2. The van der Waals surface area contributed by atoms with Crippen LogP contribution in [0.5, 0.6) is 0 Å². The molecule has 0 saturated carbocycles. The molecule has 0 bridgehead atoms.